The highest BCUT2D eigenvalue weighted by Crippen LogP contribution is 2.54. The molecule has 3 aliphatic rings. The second-order valence-electron chi connectivity index (χ2n) is 11.5. The number of aromatic nitrogens is 2. The normalized spacial score (nSPS) is 22.5. The van der Waals surface area contributed by atoms with E-state index in [0.29, 0.717) is 48.8 Å². The molecule has 5 rings (SSSR count). The Morgan fingerprint density at radius 2 is 1.90 bits per heavy atom. The zero-order chi connectivity index (χ0) is 30.1. The second kappa shape index (κ2) is 12.1. The van der Waals surface area contributed by atoms with Crippen molar-refractivity contribution in [3.8, 4) is 17.1 Å². The SMILES string of the molecule is CCOc1ncccc1-c1ccc(N2CCN(C(=O)C3(C(F)(F)F)CCC3)C[C@H]2CC)c(C(=O)N[C@@H]2CCN(C)C2)n1. The van der Waals surface area contributed by atoms with Gasteiger partial charge in [0, 0.05) is 44.5 Å². The van der Waals surface area contributed by atoms with Gasteiger partial charge in [-0.05, 0) is 70.5 Å². The number of carbonyl (C=O) groups is 2. The summed E-state index contributed by atoms with van der Waals surface area (Å²) in [5.41, 5.74) is -0.253. The molecule has 9 nitrogen and oxygen atoms in total. The number of pyridine rings is 2. The van der Waals surface area contributed by atoms with E-state index in [0.717, 1.165) is 19.5 Å². The van der Waals surface area contributed by atoms with E-state index < -0.39 is 17.5 Å². The van der Waals surface area contributed by atoms with Crippen molar-refractivity contribution in [2.24, 2.45) is 5.41 Å². The predicted molar refractivity (Wildman–Crippen MR) is 152 cm³/mol. The number of likely N-dealkylation sites (N-methyl/N-ethyl adjacent to an activating group) is 1. The van der Waals surface area contributed by atoms with Gasteiger partial charge in [-0.3, -0.25) is 9.59 Å². The lowest BCUT2D eigenvalue weighted by molar-refractivity contribution is -0.248. The molecule has 0 unspecified atom stereocenters. The van der Waals surface area contributed by atoms with Crippen LogP contribution in [0.2, 0.25) is 0 Å². The average molecular weight is 589 g/mol. The van der Waals surface area contributed by atoms with Gasteiger partial charge >= 0.3 is 6.18 Å². The predicted octanol–water partition coefficient (Wildman–Crippen LogP) is 4.14. The molecule has 3 fully saturated rings. The van der Waals surface area contributed by atoms with Crippen molar-refractivity contribution < 1.29 is 27.5 Å². The zero-order valence-corrected chi connectivity index (χ0v) is 24.4. The topological polar surface area (TPSA) is 90.9 Å². The number of anilines is 1. The van der Waals surface area contributed by atoms with Crippen LogP contribution >= 0.6 is 0 Å². The number of hydrogen-bond acceptors (Lipinski definition) is 7. The highest BCUT2D eigenvalue weighted by Gasteiger charge is 2.64. The van der Waals surface area contributed by atoms with E-state index in [-0.39, 0.29) is 49.6 Å². The van der Waals surface area contributed by atoms with Crippen LogP contribution < -0.4 is 15.0 Å². The fourth-order valence-electron chi connectivity index (χ4n) is 6.30. The van der Waals surface area contributed by atoms with Gasteiger partial charge in [0.15, 0.2) is 5.69 Å². The first-order valence-electron chi connectivity index (χ1n) is 14.8. The van der Waals surface area contributed by atoms with E-state index in [2.05, 4.69) is 15.2 Å². The number of amides is 2. The van der Waals surface area contributed by atoms with E-state index in [1.54, 1.807) is 12.3 Å². The zero-order valence-electron chi connectivity index (χ0n) is 24.4. The highest BCUT2D eigenvalue weighted by molar-refractivity contribution is 5.99. The van der Waals surface area contributed by atoms with E-state index in [1.165, 1.54) is 4.90 Å². The van der Waals surface area contributed by atoms with Crippen molar-refractivity contribution in [1.29, 1.82) is 0 Å². The van der Waals surface area contributed by atoms with Gasteiger partial charge in [0.1, 0.15) is 5.41 Å². The van der Waals surface area contributed by atoms with Gasteiger partial charge in [-0.2, -0.15) is 13.2 Å². The van der Waals surface area contributed by atoms with Gasteiger partial charge in [0.05, 0.1) is 23.6 Å². The van der Waals surface area contributed by atoms with Crippen LogP contribution in [0.1, 0.15) is 56.4 Å². The van der Waals surface area contributed by atoms with Gasteiger partial charge < -0.3 is 24.8 Å². The maximum Gasteiger partial charge on any atom is 0.403 e. The van der Waals surface area contributed by atoms with Crippen molar-refractivity contribution >= 4 is 17.5 Å². The highest BCUT2D eigenvalue weighted by atomic mass is 19.4. The molecule has 0 spiro atoms. The van der Waals surface area contributed by atoms with Crippen LogP contribution in [-0.4, -0.2) is 96.2 Å². The Morgan fingerprint density at radius 3 is 2.52 bits per heavy atom. The Hall–Kier alpha value is -3.41. The Balaban J connectivity index is 1.46. The maximum absolute atomic E-state index is 13.9. The summed E-state index contributed by atoms with van der Waals surface area (Å²) < 4.78 is 47.5. The molecule has 228 valence electrons. The summed E-state index contributed by atoms with van der Waals surface area (Å²) in [5.74, 6) is -0.721. The molecule has 2 saturated heterocycles. The average Bonchev–Trinajstić information content (AvgIpc) is 3.35. The number of nitrogens with one attached hydrogen (secondary N) is 1. The van der Waals surface area contributed by atoms with Crippen molar-refractivity contribution in [3.05, 3.63) is 36.2 Å². The fraction of sp³-hybridized carbons (Fsp3) is 0.600. The lowest BCUT2D eigenvalue weighted by Crippen LogP contribution is -2.62. The van der Waals surface area contributed by atoms with Gasteiger partial charge in [-0.25, -0.2) is 9.97 Å². The number of ether oxygens (including phenoxy) is 1. The third kappa shape index (κ3) is 5.65. The van der Waals surface area contributed by atoms with Crippen LogP contribution in [0.5, 0.6) is 5.88 Å². The third-order valence-corrected chi connectivity index (χ3v) is 8.85. The number of halogens is 3. The Kier molecular flexibility index (Phi) is 8.63. The number of likely N-dealkylation sites (tertiary alicyclic amines) is 1. The minimum atomic E-state index is -4.56. The first-order valence-corrected chi connectivity index (χ1v) is 14.8. The molecule has 2 aromatic rings. The van der Waals surface area contributed by atoms with Crippen molar-refractivity contribution in [1.82, 2.24) is 25.1 Å². The number of nitrogens with zero attached hydrogens (tertiary/aromatic N) is 5. The summed E-state index contributed by atoms with van der Waals surface area (Å²) in [4.78, 5) is 41.7. The minimum Gasteiger partial charge on any atom is -0.477 e. The molecule has 2 aliphatic heterocycles. The second-order valence-corrected chi connectivity index (χ2v) is 11.5. The molecule has 2 aromatic heterocycles. The molecular weight excluding hydrogens is 549 g/mol. The van der Waals surface area contributed by atoms with Gasteiger partial charge in [0.25, 0.3) is 5.91 Å². The van der Waals surface area contributed by atoms with Crippen LogP contribution in [-0.2, 0) is 4.79 Å². The van der Waals surface area contributed by atoms with Gasteiger partial charge in [-0.1, -0.05) is 13.3 Å². The standard InChI is InChI=1S/C30H39F3N6O3/c1-4-21-19-38(28(41)29(12-7-13-29)30(31,32)33)16-17-39(21)24-10-9-23(22-8-6-14-34-27(22)42-5-2)36-25(24)26(40)35-20-11-15-37(3)18-20/h6,8-10,14,20-21H,4-5,7,11-13,15-19H2,1-3H3,(H,35,40)/t20-,21-/m1/s1. The van der Waals surface area contributed by atoms with Crippen molar-refractivity contribution in [2.45, 2.75) is 64.2 Å². The summed E-state index contributed by atoms with van der Waals surface area (Å²) in [6, 6.07) is 6.97. The molecule has 4 heterocycles. The molecule has 2 amide bonds. The quantitative estimate of drug-likeness (QED) is 0.496. The molecule has 2 atom stereocenters. The van der Waals surface area contributed by atoms with Crippen molar-refractivity contribution in [2.75, 3.05) is 51.3 Å². The largest absolute Gasteiger partial charge is 0.477 e. The number of carbonyl (C=O) groups excluding carboxylic acids is 2. The minimum absolute atomic E-state index is 0.0179. The molecule has 0 bridgehead atoms. The number of piperazine rings is 1. The van der Waals surface area contributed by atoms with E-state index in [4.69, 9.17) is 9.72 Å². The van der Waals surface area contributed by atoms with Crippen LogP contribution in [0.4, 0.5) is 18.9 Å². The van der Waals surface area contributed by atoms with Gasteiger partial charge in [-0.15, -0.1) is 0 Å². The molecule has 0 radical (unpaired) electrons. The van der Waals surface area contributed by atoms with Crippen LogP contribution in [0.15, 0.2) is 30.5 Å². The summed E-state index contributed by atoms with van der Waals surface area (Å²) in [7, 11) is 2.01. The monoisotopic (exact) mass is 588 g/mol. The molecule has 12 heteroatoms. The molecule has 1 saturated carbocycles. The van der Waals surface area contributed by atoms with Gasteiger partial charge in [0.2, 0.25) is 11.8 Å². The van der Waals surface area contributed by atoms with Crippen LogP contribution in [0, 0.1) is 5.41 Å². The molecule has 0 aromatic carbocycles. The third-order valence-electron chi connectivity index (χ3n) is 8.85. The lowest BCUT2D eigenvalue weighted by atomic mass is 9.67. The summed E-state index contributed by atoms with van der Waals surface area (Å²) in [6.45, 7) is 6.42. The summed E-state index contributed by atoms with van der Waals surface area (Å²) >= 11 is 0. The summed E-state index contributed by atoms with van der Waals surface area (Å²) in [6.07, 6.45) is -1.44. The van der Waals surface area contributed by atoms with E-state index in [9.17, 15) is 22.8 Å². The first kappa shape index (κ1) is 30.1. The van der Waals surface area contributed by atoms with Crippen LogP contribution in [0.3, 0.4) is 0 Å². The Morgan fingerprint density at radius 1 is 1.12 bits per heavy atom. The number of alkyl halides is 3. The van der Waals surface area contributed by atoms with Crippen molar-refractivity contribution in [3.63, 3.8) is 0 Å². The van der Waals surface area contributed by atoms with Crippen LogP contribution in [0.25, 0.3) is 11.3 Å². The fourth-order valence-corrected chi connectivity index (χ4v) is 6.30. The Bertz CT molecular complexity index is 1300. The first-order chi connectivity index (χ1) is 20.1. The van der Waals surface area contributed by atoms with E-state index in [1.807, 2.05) is 44.0 Å². The molecular formula is C30H39F3N6O3. The maximum atomic E-state index is 13.9. The number of rotatable bonds is 8. The summed E-state index contributed by atoms with van der Waals surface area (Å²) in [5, 5.41) is 3.13. The lowest BCUT2D eigenvalue weighted by Gasteiger charge is -2.48. The smallest absolute Gasteiger partial charge is 0.403 e. The molecule has 1 aliphatic carbocycles. The number of hydrogen-bond donors (Lipinski definition) is 1. The molecule has 42 heavy (non-hydrogen) atoms. The van der Waals surface area contributed by atoms with E-state index >= 15 is 0 Å². The molecule has 1 N–H and O–H groups in total. The Labute approximate surface area is 244 Å².